The Morgan fingerprint density at radius 2 is 2.00 bits per heavy atom. The smallest absolute Gasteiger partial charge is 0.174 e. The monoisotopic (exact) mass is 413 g/mol. The molecule has 0 radical (unpaired) electrons. The fourth-order valence-corrected chi connectivity index (χ4v) is 3.64. The van der Waals surface area contributed by atoms with Gasteiger partial charge in [0.05, 0.1) is 24.7 Å². The third kappa shape index (κ3) is 3.50. The summed E-state index contributed by atoms with van der Waals surface area (Å²) in [5.74, 6) is 1.58. The molecule has 7 heteroatoms. The van der Waals surface area contributed by atoms with Crippen LogP contribution in [-0.4, -0.2) is 39.4 Å². The van der Waals surface area contributed by atoms with E-state index in [1.807, 2.05) is 36.7 Å². The first-order chi connectivity index (χ1) is 12.6. The normalized spacial score (nSPS) is 17.5. The molecule has 1 unspecified atom stereocenters. The van der Waals surface area contributed by atoms with Crippen molar-refractivity contribution in [3.05, 3.63) is 64.1 Å². The maximum absolute atomic E-state index is 5.98. The van der Waals surface area contributed by atoms with Crippen LogP contribution >= 0.6 is 15.9 Å². The molecular weight excluding hydrogens is 394 g/mol. The number of hydrogen-bond donors (Lipinski definition) is 0. The van der Waals surface area contributed by atoms with Gasteiger partial charge in [0.2, 0.25) is 0 Å². The minimum atomic E-state index is 0.0143. The van der Waals surface area contributed by atoms with Gasteiger partial charge in [-0.15, -0.1) is 0 Å². The second-order valence-corrected chi connectivity index (χ2v) is 7.35. The van der Waals surface area contributed by atoms with E-state index in [-0.39, 0.29) is 6.10 Å². The Morgan fingerprint density at radius 3 is 2.77 bits per heavy atom. The fraction of sp³-hybridized carbons (Fsp3) is 0.316. The SMILES string of the molecule is Cc1cc(C)n(-c2cncc(N3CCOC(c4cccc(Br)c4)C3)n2)n1. The van der Waals surface area contributed by atoms with Crippen molar-refractivity contribution in [1.82, 2.24) is 19.7 Å². The van der Waals surface area contributed by atoms with E-state index in [4.69, 9.17) is 9.72 Å². The van der Waals surface area contributed by atoms with Crippen LogP contribution in [0.15, 0.2) is 47.2 Å². The van der Waals surface area contributed by atoms with Gasteiger partial charge in [0.25, 0.3) is 0 Å². The summed E-state index contributed by atoms with van der Waals surface area (Å²) in [5, 5.41) is 4.50. The topological polar surface area (TPSA) is 56.1 Å². The molecule has 0 N–H and O–H groups in total. The van der Waals surface area contributed by atoms with Gasteiger partial charge in [-0.05, 0) is 37.6 Å². The third-order valence-corrected chi connectivity index (χ3v) is 4.94. The van der Waals surface area contributed by atoms with Gasteiger partial charge in [0.1, 0.15) is 11.9 Å². The zero-order valence-electron chi connectivity index (χ0n) is 14.8. The van der Waals surface area contributed by atoms with E-state index in [9.17, 15) is 0 Å². The average Bonchev–Trinajstić information content (AvgIpc) is 3.00. The lowest BCUT2D eigenvalue weighted by molar-refractivity contribution is 0.0394. The minimum absolute atomic E-state index is 0.0143. The summed E-state index contributed by atoms with van der Waals surface area (Å²) in [5.41, 5.74) is 3.17. The van der Waals surface area contributed by atoms with Crippen LogP contribution in [0.4, 0.5) is 5.82 Å². The van der Waals surface area contributed by atoms with Crippen LogP contribution in [0.2, 0.25) is 0 Å². The summed E-state index contributed by atoms with van der Waals surface area (Å²) in [4.78, 5) is 11.4. The zero-order valence-corrected chi connectivity index (χ0v) is 16.3. The highest BCUT2D eigenvalue weighted by atomic mass is 79.9. The first-order valence-electron chi connectivity index (χ1n) is 8.58. The fourth-order valence-electron chi connectivity index (χ4n) is 3.23. The standard InChI is InChI=1S/C19H20BrN5O/c1-13-8-14(2)25(23-13)19-11-21-10-18(22-19)24-6-7-26-17(12-24)15-4-3-5-16(20)9-15/h3-5,8-11,17H,6-7,12H2,1-2H3. The molecule has 1 aliphatic heterocycles. The summed E-state index contributed by atoms with van der Waals surface area (Å²) >= 11 is 3.53. The van der Waals surface area contributed by atoms with E-state index in [0.717, 1.165) is 46.1 Å². The van der Waals surface area contributed by atoms with Crippen molar-refractivity contribution in [3.63, 3.8) is 0 Å². The van der Waals surface area contributed by atoms with Crippen LogP contribution in [0.25, 0.3) is 5.82 Å². The molecule has 1 atom stereocenters. The van der Waals surface area contributed by atoms with E-state index in [1.165, 1.54) is 0 Å². The number of aromatic nitrogens is 4. The highest BCUT2D eigenvalue weighted by molar-refractivity contribution is 9.10. The number of anilines is 1. The Balaban J connectivity index is 1.59. The van der Waals surface area contributed by atoms with Crippen LogP contribution in [0.3, 0.4) is 0 Å². The van der Waals surface area contributed by atoms with E-state index >= 15 is 0 Å². The number of aryl methyl sites for hydroxylation is 2. The molecular formula is C19H20BrN5O. The van der Waals surface area contributed by atoms with Gasteiger partial charge in [-0.1, -0.05) is 28.1 Å². The molecule has 134 valence electrons. The second-order valence-electron chi connectivity index (χ2n) is 6.43. The minimum Gasteiger partial charge on any atom is -0.370 e. The molecule has 26 heavy (non-hydrogen) atoms. The highest BCUT2D eigenvalue weighted by Gasteiger charge is 2.23. The van der Waals surface area contributed by atoms with Gasteiger partial charge in [-0.2, -0.15) is 5.10 Å². The second kappa shape index (κ2) is 7.17. The van der Waals surface area contributed by atoms with Crippen molar-refractivity contribution < 1.29 is 4.74 Å². The van der Waals surface area contributed by atoms with Gasteiger partial charge < -0.3 is 9.64 Å². The Bertz CT molecular complexity index is 926. The summed E-state index contributed by atoms with van der Waals surface area (Å²) < 4.78 is 8.87. The van der Waals surface area contributed by atoms with Crippen LogP contribution in [0.1, 0.15) is 23.1 Å². The maximum Gasteiger partial charge on any atom is 0.174 e. The number of rotatable bonds is 3. The number of ether oxygens (including phenoxy) is 1. The molecule has 0 saturated carbocycles. The Kier molecular flexibility index (Phi) is 4.74. The van der Waals surface area contributed by atoms with Crippen LogP contribution in [0, 0.1) is 13.8 Å². The van der Waals surface area contributed by atoms with Gasteiger partial charge >= 0.3 is 0 Å². The van der Waals surface area contributed by atoms with Crippen molar-refractivity contribution >= 4 is 21.7 Å². The molecule has 0 spiro atoms. The first-order valence-corrected chi connectivity index (χ1v) is 9.37. The first kappa shape index (κ1) is 17.2. The summed E-state index contributed by atoms with van der Waals surface area (Å²) in [7, 11) is 0. The van der Waals surface area contributed by atoms with Gasteiger partial charge in [0.15, 0.2) is 5.82 Å². The molecule has 0 amide bonds. The predicted molar refractivity (Wildman–Crippen MR) is 104 cm³/mol. The Labute approximate surface area is 161 Å². The quantitative estimate of drug-likeness (QED) is 0.656. The van der Waals surface area contributed by atoms with E-state index in [2.05, 4.69) is 43.0 Å². The molecule has 6 nitrogen and oxygen atoms in total. The lowest BCUT2D eigenvalue weighted by atomic mass is 10.1. The van der Waals surface area contributed by atoms with Crippen LogP contribution < -0.4 is 4.90 Å². The molecule has 4 rings (SSSR count). The van der Waals surface area contributed by atoms with E-state index in [0.29, 0.717) is 6.61 Å². The average molecular weight is 414 g/mol. The summed E-state index contributed by atoms with van der Waals surface area (Å²) in [6.07, 6.45) is 3.56. The number of hydrogen-bond acceptors (Lipinski definition) is 5. The Hall–Kier alpha value is -2.25. The third-order valence-electron chi connectivity index (χ3n) is 4.45. The largest absolute Gasteiger partial charge is 0.370 e. The lowest BCUT2D eigenvalue weighted by Gasteiger charge is -2.34. The molecule has 2 aromatic heterocycles. The maximum atomic E-state index is 5.98. The number of benzene rings is 1. The molecule has 1 aromatic carbocycles. The van der Waals surface area contributed by atoms with Crippen LogP contribution in [-0.2, 0) is 4.74 Å². The van der Waals surface area contributed by atoms with Crippen molar-refractivity contribution in [3.8, 4) is 5.82 Å². The molecule has 3 heterocycles. The van der Waals surface area contributed by atoms with Crippen molar-refractivity contribution in [2.45, 2.75) is 20.0 Å². The molecule has 1 fully saturated rings. The van der Waals surface area contributed by atoms with E-state index < -0.39 is 0 Å². The number of morpholine rings is 1. The van der Waals surface area contributed by atoms with E-state index in [1.54, 1.807) is 12.4 Å². The van der Waals surface area contributed by atoms with Crippen molar-refractivity contribution in [2.75, 3.05) is 24.6 Å². The molecule has 1 saturated heterocycles. The number of halogens is 1. The van der Waals surface area contributed by atoms with Gasteiger partial charge in [-0.25, -0.2) is 9.67 Å². The van der Waals surface area contributed by atoms with Crippen molar-refractivity contribution in [1.29, 1.82) is 0 Å². The lowest BCUT2D eigenvalue weighted by Crippen LogP contribution is -2.39. The van der Waals surface area contributed by atoms with Crippen LogP contribution in [0.5, 0.6) is 0 Å². The zero-order chi connectivity index (χ0) is 18.1. The van der Waals surface area contributed by atoms with Crippen molar-refractivity contribution in [2.24, 2.45) is 0 Å². The van der Waals surface area contributed by atoms with Gasteiger partial charge in [-0.3, -0.25) is 4.98 Å². The van der Waals surface area contributed by atoms with Gasteiger partial charge in [0, 0.05) is 23.3 Å². The molecule has 0 aliphatic carbocycles. The number of nitrogens with zero attached hydrogens (tertiary/aromatic N) is 5. The highest BCUT2D eigenvalue weighted by Crippen LogP contribution is 2.27. The molecule has 3 aromatic rings. The summed E-state index contributed by atoms with van der Waals surface area (Å²) in [6.45, 7) is 6.19. The Morgan fingerprint density at radius 1 is 1.15 bits per heavy atom. The molecule has 0 bridgehead atoms. The summed E-state index contributed by atoms with van der Waals surface area (Å²) in [6, 6.07) is 10.3. The predicted octanol–water partition coefficient (Wildman–Crippen LogP) is 3.62. The molecule has 1 aliphatic rings.